The smallest absolute Gasteiger partial charge is 0.329 e. The molecule has 3 amide bonds. The van der Waals surface area contributed by atoms with Gasteiger partial charge in [0.15, 0.2) is 5.13 Å². The van der Waals surface area contributed by atoms with E-state index in [0.29, 0.717) is 115 Å². The van der Waals surface area contributed by atoms with E-state index in [1.807, 2.05) is 38.1 Å². The number of rotatable bonds is 15. The maximum absolute atomic E-state index is 14.9. The van der Waals surface area contributed by atoms with Crippen molar-refractivity contribution in [2.24, 2.45) is 29.6 Å². The molecule has 2 aromatic heterocycles. The number of benzene rings is 1. The first-order valence-corrected chi connectivity index (χ1v) is 32.7. The number of aryl methyl sites for hydroxylation is 2. The van der Waals surface area contributed by atoms with E-state index in [9.17, 15) is 49.2 Å². The molecule has 1 aliphatic carbocycles. The van der Waals surface area contributed by atoms with Crippen LogP contribution in [-0.2, 0) is 47.7 Å². The molecule has 2 bridgehead atoms. The average Bonchev–Trinajstić information content (AvgIpc) is 1.03. The summed E-state index contributed by atoms with van der Waals surface area (Å²) in [7, 11) is 4.49. The molecule has 23 nitrogen and oxygen atoms in total. The van der Waals surface area contributed by atoms with E-state index in [1.165, 1.54) is 20.4 Å². The number of ether oxygens (including phenoxy) is 5. The second-order valence-electron chi connectivity index (χ2n) is 25.1. The van der Waals surface area contributed by atoms with Crippen LogP contribution >= 0.6 is 22.9 Å². The number of fused-ring (bicyclic) bond motifs is 3. The van der Waals surface area contributed by atoms with Crippen LogP contribution in [0.2, 0.25) is 5.02 Å². The highest BCUT2D eigenvalue weighted by atomic mass is 35.5. The van der Waals surface area contributed by atoms with E-state index in [-0.39, 0.29) is 81.1 Å². The predicted octanol–water partition coefficient (Wildman–Crippen LogP) is 7.07. The van der Waals surface area contributed by atoms with Gasteiger partial charge in [0.05, 0.1) is 47.4 Å². The van der Waals surface area contributed by atoms with Crippen LogP contribution in [0.15, 0.2) is 53.8 Å². The lowest BCUT2D eigenvalue weighted by molar-refractivity contribution is -0.303. The summed E-state index contributed by atoms with van der Waals surface area (Å²) >= 11 is 7.51. The van der Waals surface area contributed by atoms with E-state index in [1.54, 1.807) is 51.8 Å². The number of aromatic nitrogens is 3. The van der Waals surface area contributed by atoms with Gasteiger partial charge in [0.1, 0.15) is 46.4 Å². The van der Waals surface area contributed by atoms with Gasteiger partial charge in [0.25, 0.3) is 17.6 Å². The molecule has 3 aromatic rings. The van der Waals surface area contributed by atoms with Crippen molar-refractivity contribution in [1.82, 2.24) is 24.8 Å². The Bertz CT molecular complexity index is 3070. The van der Waals surface area contributed by atoms with Crippen LogP contribution in [0, 0.1) is 43.4 Å². The Kier molecular flexibility index (Phi) is 24.7. The zero-order valence-corrected chi connectivity index (χ0v) is 54.8. The minimum Gasteiger partial charge on any atom is -0.456 e. The molecular weight excluding hydrogens is 1200 g/mol. The molecule has 0 spiro atoms. The fraction of sp³-hybridized carbons (Fsp3) is 0.646. The first-order valence-electron chi connectivity index (χ1n) is 31.5. The third-order valence-corrected chi connectivity index (χ3v) is 20.0. The largest absolute Gasteiger partial charge is 0.456 e. The standard InChI is InChI=1S/C65H91ClN8O15S/c1-36-26-43(15-13-18-56(79)73-24-22-72(23-25-73)55-33-54(68-41(6)69-55)70-64-67-34-53(90-64)61(81)71-57-37(2)14-12-16-46(57)66)50(78)32-49(77)40(5)58(38(3)28-42-19-20-48(76)44(30-42)35-75)88-63(83)47-17-10-11-21-74(47)62(82)60(80)65(84)39(4)29-51(86-8)59(89-65)52(87-9)31-45(27-36)85-7/h12,14,16,26,28,33-34,39-40,42-45,47-49,51-52,58-59,75-77,84H,10-11,13,15,17-25,27,29-32,35H2,1-9H3,(H,71,81)(H,67,68,69,70)/b36-26+,38-28+/t39-,40-,42+,43-,44+,45+,47+,48-,49+,51+,52+,58-,59+,65-/m1/s1. The number of esters is 1. The number of halogens is 1. The molecule has 0 unspecified atom stereocenters. The number of nitrogens with zero attached hydrogens (tertiary/aromatic N) is 6. The number of amides is 3. The first-order chi connectivity index (χ1) is 42.9. The van der Waals surface area contributed by atoms with Gasteiger partial charge in [-0.15, -0.1) is 0 Å². The Morgan fingerprint density at radius 3 is 2.34 bits per heavy atom. The number of para-hydroxylation sites is 1. The highest BCUT2D eigenvalue weighted by Crippen LogP contribution is 2.40. The lowest BCUT2D eigenvalue weighted by atomic mass is 9.78. The number of methoxy groups -OCH3 is 3. The molecule has 4 aliphatic heterocycles. The number of hydrogen-bond donors (Lipinski definition) is 6. The number of carbonyl (C=O) groups is 6. The molecular formula is C65H91ClN8O15S. The molecule has 90 heavy (non-hydrogen) atoms. The lowest BCUT2D eigenvalue weighted by Gasteiger charge is -2.47. The van der Waals surface area contributed by atoms with Crippen LogP contribution in [0.3, 0.4) is 0 Å². The number of piperidine rings is 1. The van der Waals surface area contributed by atoms with Crippen molar-refractivity contribution >= 4 is 80.6 Å². The molecule has 8 rings (SSSR count). The molecule has 6 heterocycles. The molecule has 1 saturated carbocycles. The average molecular weight is 1290 g/mol. The molecule has 0 radical (unpaired) electrons. The Morgan fingerprint density at radius 2 is 1.64 bits per heavy atom. The van der Waals surface area contributed by atoms with Gasteiger partial charge in [-0.3, -0.25) is 24.0 Å². The van der Waals surface area contributed by atoms with Crippen LogP contribution in [0.5, 0.6) is 0 Å². The van der Waals surface area contributed by atoms with Gasteiger partial charge < -0.3 is 69.4 Å². The summed E-state index contributed by atoms with van der Waals surface area (Å²) in [6.45, 7) is 12.2. The third kappa shape index (κ3) is 17.1. The molecule has 494 valence electrons. The fourth-order valence-electron chi connectivity index (χ4n) is 13.3. The minimum absolute atomic E-state index is 0.0165. The molecule has 5 aliphatic rings. The number of thiazole rings is 1. The maximum atomic E-state index is 14.9. The van der Waals surface area contributed by atoms with Crippen molar-refractivity contribution in [3.05, 3.63) is 75.0 Å². The third-order valence-electron chi connectivity index (χ3n) is 18.8. The summed E-state index contributed by atoms with van der Waals surface area (Å²) in [5.74, 6) is -7.93. The number of Topliss-reactive ketones (excluding diaryl/α,β-unsaturated/α-hetero) is 2. The van der Waals surface area contributed by atoms with Crippen molar-refractivity contribution in [3.8, 4) is 0 Å². The van der Waals surface area contributed by atoms with Crippen LogP contribution in [0.25, 0.3) is 0 Å². The van der Waals surface area contributed by atoms with Crippen molar-refractivity contribution in [2.45, 2.75) is 180 Å². The molecule has 3 saturated heterocycles. The SMILES string of the molecule is CO[C@H]1C/C(C)=C/[C@@H](CCCC(=O)N2CCN(c3cc(Nc4ncc(C(=O)Nc5c(C)cccc5Cl)s4)nc(C)n3)CC2)C(=O)C[C@H](O)[C@@H](C)[C@@H](/C(C)=C/[C@@H]2CC[C@@H](O)[C@H](CO)C2)OC(=O)[C@@H]2CCCCN2C(=O)C(=O)[C@]2(O)O[C@H]([C@@H](OC)C1)[C@@H](OC)C[C@H]2C. The van der Waals surface area contributed by atoms with Crippen LogP contribution in [0.4, 0.5) is 22.5 Å². The summed E-state index contributed by atoms with van der Waals surface area (Å²) in [5.41, 5.74) is 2.69. The summed E-state index contributed by atoms with van der Waals surface area (Å²) < 4.78 is 30.6. The topological polar surface area (TPSA) is 302 Å². The van der Waals surface area contributed by atoms with Gasteiger partial charge in [-0.05, 0) is 115 Å². The Labute approximate surface area is 536 Å². The number of carbonyl (C=O) groups excluding carboxylic acids is 6. The molecule has 1 aromatic carbocycles. The Balaban J connectivity index is 0.991. The van der Waals surface area contributed by atoms with Gasteiger partial charge in [0.2, 0.25) is 11.7 Å². The van der Waals surface area contributed by atoms with E-state index in [0.717, 1.165) is 27.4 Å². The molecule has 25 heteroatoms. The van der Waals surface area contributed by atoms with Crippen LogP contribution in [0.1, 0.15) is 132 Å². The van der Waals surface area contributed by atoms with Crippen molar-refractivity contribution in [1.29, 1.82) is 0 Å². The highest BCUT2D eigenvalue weighted by Gasteiger charge is 2.57. The monoisotopic (exact) mass is 1290 g/mol. The van der Waals surface area contributed by atoms with Gasteiger partial charge in [-0.25, -0.2) is 19.7 Å². The number of cyclic esters (lactones) is 1. The molecule has 14 atom stereocenters. The Morgan fingerprint density at radius 1 is 0.911 bits per heavy atom. The number of anilines is 4. The number of aliphatic hydroxyl groups excluding tert-OH is 3. The van der Waals surface area contributed by atoms with E-state index >= 15 is 0 Å². The van der Waals surface area contributed by atoms with Crippen LogP contribution in [-0.4, -0.2) is 196 Å². The Hall–Kier alpha value is -5.80. The predicted molar refractivity (Wildman–Crippen MR) is 338 cm³/mol. The van der Waals surface area contributed by atoms with Gasteiger partial charge in [0, 0.05) is 110 Å². The number of allylic oxidation sites excluding steroid dienone is 2. The zero-order chi connectivity index (χ0) is 65.1. The van der Waals surface area contributed by atoms with E-state index < -0.39 is 90.0 Å². The van der Waals surface area contributed by atoms with Gasteiger partial charge >= 0.3 is 5.97 Å². The molecule has 4 fully saturated rings. The first kappa shape index (κ1) is 70.1. The second kappa shape index (κ2) is 31.7. The fourth-order valence-corrected chi connectivity index (χ4v) is 14.3. The van der Waals surface area contributed by atoms with E-state index in [2.05, 4.69) is 25.5 Å². The van der Waals surface area contributed by atoms with Crippen molar-refractivity contribution in [3.63, 3.8) is 0 Å². The van der Waals surface area contributed by atoms with Crippen molar-refractivity contribution in [2.75, 3.05) is 76.2 Å². The minimum atomic E-state index is -2.63. The number of hydrogen-bond acceptors (Lipinski definition) is 21. The van der Waals surface area contributed by atoms with Gasteiger partial charge in [-0.2, -0.15) is 0 Å². The number of aliphatic hydroxyl groups is 4. The zero-order valence-electron chi connectivity index (χ0n) is 53.2. The van der Waals surface area contributed by atoms with Gasteiger partial charge in [-0.1, -0.05) is 66.6 Å². The summed E-state index contributed by atoms with van der Waals surface area (Å²) in [6, 6.07) is 5.94. The summed E-state index contributed by atoms with van der Waals surface area (Å²) in [4.78, 5) is 105. The number of piperazine rings is 1. The lowest BCUT2D eigenvalue weighted by Crippen LogP contribution is -2.64. The molecule has 6 N–H and O–H groups in total. The highest BCUT2D eigenvalue weighted by molar-refractivity contribution is 7.17. The number of nitrogens with one attached hydrogen (secondary N) is 2. The van der Waals surface area contributed by atoms with Crippen LogP contribution < -0.4 is 15.5 Å². The normalized spacial score (nSPS) is 31.2. The summed E-state index contributed by atoms with van der Waals surface area (Å²) in [6.07, 6.45) is 2.65. The second-order valence-corrected chi connectivity index (χ2v) is 26.6. The maximum Gasteiger partial charge on any atom is 0.329 e. The summed E-state index contributed by atoms with van der Waals surface area (Å²) in [5, 5.41) is 52.2. The van der Waals surface area contributed by atoms with E-state index in [4.69, 9.17) is 40.3 Å². The number of ketones is 2. The quantitative estimate of drug-likeness (QED) is 0.0504. The van der Waals surface area contributed by atoms with Crippen molar-refractivity contribution < 1.29 is 72.9 Å².